The maximum absolute atomic E-state index is 3.44. The Morgan fingerprint density at radius 1 is 1.24 bits per heavy atom. The fourth-order valence-corrected chi connectivity index (χ4v) is 2.85. The molecule has 1 aliphatic heterocycles. The summed E-state index contributed by atoms with van der Waals surface area (Å²) >= 11 is 0. The molecule has 1 heterocycles. The zero-order valence-corrected chi connectivity index (χ0v) is 11.5. The van der Waals surface area contributed by atoms with E-state index in [9.17, 15) is 0 Å². The fourth-order valence-electron chi connectivity index (χ4n) is 2.85. The Balaban J connectivity index is 2.12. The molecule has 2 rings (SSSR count). The quantitative estimate of drug-likeness (QED) is 0.861. The monoisotopic (exact) mass is 232 g/mol. The molecule has 0 radical (unpaired) electrons. The van der Waals surface area contributed by atoms with E-state index in [1.165, 1.54) is 35.2 Å². The molecular formula is C15H24N2. The molecule has 1 aliphatic rings. The second-order valence-electron chi connectivity index (χ2n) is 5.44. The number of nitrogens with one attached hydrogen (secondary N) is 1. The van der Waals surface area contributed by atoms with Gasteiger partial charge in [0.25, 0.3) is 0 Å². The maximum Gasteiger partial charge on any atom is 0.0239 e. The van der Waals surface area contributed by atoms with Crippen molar-refractivity contribution in [2.45, 2.75) is 39.8 Å². The van der Waals surface area contributed by atoms with Gasteiger partial charge >= 0.3 is 0 Å². The molecule has 1 unspecified atom stereocenters. The lowest BCUT2D eigenvalue weighted by molar-refractivity contribution is 0.248. The third kappa shape index (κ3) is 2.88. The Kier molecular flexibility index (Phi) is 3.85. The van der Waals surface area contributed by atoms with Crippen LogP contribution < -0.4 is 5.32 Å². The highest BCUT2D eigenvalue weighted by Crippen LogP contribution is 2.19. The van der Waals surface area contributed by atoms with Crippen LogP contribution in [-0.2, 0) is 6.54 Å². The lowest BCUT2D eigenvalue weighted by Crippen LogP contribution is -2.33. The number of nitrogens with zero attached hydrogens (tertiary/aromatic N) is 1. The highest BCUT2D eigenvalue weighted by Gasteiger charge is 2.20. The number of likely N-dealkylation sites (N-methyl/N-ethyl adjacent to an activating group) is 1. The van der Waals surface area contributed by atoms with Gasteiger partial charge in [-0.2, -0.15) is 0 Å². The number of rotatable bonds is 3. The average Bonchev–Trinajstić information content (AvgIpc) is 2.76. The van der Waals surface area contributed by atoms with Gasteiger partial charge in [0, 0.05) is 19.1 Å². The predicted molar refractivity (Wildman–Crippen MR) is 73.4 cm³/mol. The van der Waals surface area contributed by atoms with Crippen LogP contribution in [-0.4, -0.2) is 31.1 Å². The largest absolute Gasteiger partial charge is 0.315 e. The number of hydrogen-bond donors (Lipinski definition) is 1. The molecule has 0 spiro atoms. The first-order chi connectivity index (χ1) is 8.08. The van der Waals surface area contributed by atoms with Crippen LogP contribution in [0.1, 0.15) is 28.7 Å². The highest BCUT2D eigenvalue weighted by atomic mass is 15.2. The number of benzene rings is 1. The van der Waals surface area contributed by atoms with E-state index < -0.39 is 0 Å². The van der Waals surface area contributed by atoms with E-state index in [1.807, 2.05) is 0 Å². The third-order valence-electron chi connectivity index (χ3n) is 3.91. The summed E-state index contributed by atoms with van der Waals surface area (Å²) in [7, 11) is 2.25. The number of hydrogen-bond acceptors (Lipinski definition) is 2. The van der Waals surface area contributed by atoms with Crippen LogP contribution in [0, 0.1) is 20.8 Å². The van der Waals surface area contributed by atoms with E-state index in [-0.39, 0.29) is 0 Å². The lowest BCUT2D eigenvalue weighted by Gasteiger charge is -2.25. The first-order valence-electron chi connectivity index (χ1n) is 6.55. The third-order valence-corrected chi connectivity index (χ3v) is 3.91. The Hall–Kier alpha value is -0.860. The summed E-state index contributed by atoms with van der Waals surface area (Å²) < 4.78 is 0. The van der Waals surface area contributed by atoms with Crippen molar-refractivity contribution in [3.05, 3.63) is 34.4 Å². The second kappa shape index (κ2) is 5.19. The van der Waals surface area contributed by atoms with Crippen LogP contribution in [0.4, 0.5) is 0 Å². The van der Waals surface area contributed by atoms with Crippen molar-refractivity contribution in [3.63, 3.8) is 0 Å². The normalized spacial score (nSPS) is 20.2. The minimum atomic E-state index is 0.704. The first-order valence-corrected chi connectivity index (χ1v) is 6.55. The first kappa shape index (κ1) is 12.6. The molecule has 2 heteroatoms. The van der Waals surface area contributed by atoms with Gasteiger partial charge in [-0.25, -0.2) is 0 Å². The zero-order valence-electron chi connectivity index (χ0n) is 11.5. The highest BCUT2D eigenvalue weighted by molar-refractivity contribution is 5.37. The summed E-state index contributed by atoms with van der Waals surface area (Å²) in [5.74, 6) is 0. The maximum atomic E-state index is 3.44. The minimum absolute atomic E-state index is 0.704. The summed E-state index contributed by atoms with van der Waals surface area (Å²) in [6, 6.07) is 5.29. The summed E-state index contributed by atoms with van der Waals surface area (Å²) in [6.45, 7) is 10.0. The van der Waals surface area contributed by atoms with Crippen LogP contribution in [0.5, 0.6) is 0 Å². The van der Waals surface area contributed by atoms with E-state index in [1.54, 1.807) is 0 Å². The van der Waals surface area contributed by atoms with Crippen LogP contribution in [0.3, 0.4) is 0 Å². The summed E-state index contributed by atoms with van der Waals surface area (Å²) in [4.78, 5) is 2.49. The molecule has 0 amide bonds. The molecule has 1 fully saturated rings. The summed E-state index contributed by atoms with van der Waals surface area (Å²) in [5, 5.41) is 3.44. The van der Waals surface area contributed by atoms with Crippen molar-refractivity contribution in [2.75, 3.05) is 20.1 Å². The Bertz CT molecular complexity index is 369. The van der Waals surface area contributed by atoms with E-state index in [2.05, 4.69) is 50.2 Å². The average molecular weight is 232 g/mol. The van der Waals surface area contributed by atoms with Crippen LogP contribution >= 0.6 is 0 Å². The molecule has 1 aromatic carbocycles. The molecule has 94 valence electrons. The molecule has 17 heavy (non-hydrogen) atoms. The molecule has 0 bridgehead atoms. The van der Waals surface area contributed by atoms with Gasteiger partial charge < -0.3 is 5.32 Å². The van der Waals surface area contributed by atoms with Gasteiger partial charge in [-0.3, -0.25) is 4.90 Å². The molecule has 1 aromatic rings. The summed E-state index contributed by atoms with van der Waals surface area (Å²) in [5.41, 5.74) is 5.74. The van der Waals surface area contributed by atoms with Gasteiger partial charge in [-0.05, 0) is 57.5 Å². The predicted octanol–water partition coefficient (Wildman–Crippen LogP) is 2.41. The molecule has 1 saturated heterocycles. The van der Waals surface area contributed by atoms with Gasteiger partial charge in [-0.1, -0.05) is 17.7 Å². The van der Waals surface area contributed by atoms with Crippen molar-refractivity contribution in [3.8, 4) is 0 Å². The molecule has 0 aromatic heterocycles. The van der Waals surface area contributed by atoms with Crippen molar-refractivity contribution in [2.24, 2.45) is 0 Å². The van der Waals surface area contributed by atoms with Crippen LogP contribution in [0.2, 0.25) is 0 Å². The van der Waals surface area contributed by atoms with Crippen LogP contribution in [0.15, 0.2) is 12.1 Å². The van der Waals surface area contributed by atoms with Crippen molar-refractivity contribution in [1.82, 2.24) is 10.2 Å². The van der Waals surface area contributed by atoms with E-state index in [0.29, 0.717) is 6.04 Å². The summed E-state index contributed by atoms with van der Waals surface area (Å²) in [6.07, 6.45) is 1.28. The molecule has 1 atom stereocenters. The standard InChI is InChI=1S/C15H24N2/c1-11-7-12(2)15(13(3)8-11)10-17(4)14-5-6-16-9-14/h7-8,14,16H,5-6,9-10H2,1-4H3. The second-order valence-corrected chi connectivity index (χ2v) is 5.44. The van der Waals surface area contributed by atoms with Crippen molar-refractivity contribution >= 4 is 0 Å². The number of aryl methyl sites for hydroxylation is 3. The Morgan fingerprint density at radius 3 is 2.41 bits per heavy atom. The minimum Gasteiger partial charge on any atom is -0.315 e. The fraction of sp³-hybridized carbons (Fsp3) is 0.600. The van der Waals surface area contributed by atoms with Gasteiger partial charge in [-0.15, -0.1) is 0 Å². The Labute approximate surface area is 105 Å². The Morgan fingerprint density at radius 2 is 1.88 bits per heavy atom. The van der Waals surface area contributed by atoms with Gasteiger partial charge in [0.05, 0.1) is 0 Å². The van der Waals surface area contributed by atoms with E-state index in [0.717, 1.165) is 13.1 Å². The smallest absolute Gasteiger partial charge is 0.0239 e. The van der Waals surface area contributed by atoms with Crippen molar-refractivity contribution in [1.29, 1.82) is 0 Å². The van der Waals surface area contributed by atoms with E-state index >= 15 is 0 Å². The van der Waals surface area contributed by atoms with Crippen molar-refractivity contribution < 1.29 is 0 Å². The zero-order chi connectivity index (χ0) is 12.4. The van der Waals surface area contributed by atoms with Crippen LogP contribution in [0.25, 0.3) is 0 Å². The topological polar surface area (TPSA) is 15.3 Å². The van der Waals surface area contributed by atoms with Gasteiger partial charge in [0.2, 0.25) is 0 Å². The van der Waals surface area contributed by atoms with Gasteiger partial charge in [0.1, 0.15) is 0 Å². The molecule has 0 saturated carbocycles. The molecule has 2 nitrogen and oxygen atoms in total. The molecular weight excluding hydrogens is 208 g/mol. The SMILES string of the molecule is Cc1cc(C)c(CN(C)C2CCNC2)c(C)c1. The molecule has 1 N–H and O–H groups in total. The lowest BCUT2D eigenvalue weighted by atomic mass is 9.99. The molecule has 0 aliphatic carbocycles. The van der Waals surface area contributed by atoms with Gasteiger partial charge in [0.15, 0.2) is 0 Å². The van der Waals surface area contributed by atoms with E-state index in [4.69, 9.17) is 0 Å².